The Bertz CT molecular complexity index is 604. The van der Waals surface area contributed by atoms with Crippen LogP contribution in [0, 0.1) is 10.1 Å². The van der Waals surface area contributed by atoms with Gasteiger partial charge in [0.25, 0.3) is 5.69 Å². The molecule has 0 bridgehead atoms. The maximum absolute atomic E-state index is 12.1. The van der Waals surface area contributed by atoms with Crippen LogP contribution >= 0.6 is 0 Å². The van der Waals surface area contributed by atoms with Crippen LogP contribution in [0.4, 0.5) is 10.5 Å². The number of hydrogen-bond donors (Lipinski definition) is 1. The van der Waals surface area contributed by atoms with Gasteiger partial charge in [-0.15, -0.1) is 0 Å². The molecule has 27 heavy (non-hydrogen) atoms. The maximum Gasteiger partial charge on any atom is 0.413 e. The molecule has 9 nitrogen and oxygen atoms in total. The molecule has 0 aromatic heterocycles. The fourth-order valence-electron chi connectivity index (χ4n) is 1.95. The molecular weight excluding hydrogens is 356 g/mol. The fraction of sp³-hybridized carbons (Fsp3) is 0.556. The van der Waals surface area contributed by atoms with Gasteiger partial charge in [-0.1, -0.05) is 26.7 Å². The molecule has 0 spiro atoms. The van der Waals surface area contributed by atoms with Crippen LogP contribution in [0.1, 0.15) is 39.5 Å². The second-order valence-corrected chi connectivity index (χ2v) is 5.79. The van der Waals surface area contributed by atoms with Gasteiger partial charge in [-0.2, -0.15) is 0 Å². The van der Waals surface area contributed by atoms with Crippen LogP contribution < -0.4 is 10.1 Å². The number of nitrogens with zero attached hydrogens (tertiary/aromatic N) is 1. The monoisotopic (exact) mass is 382 g/mol. The summed E-state index contributed by atoms with van der Waals surface area (Å²) in [5.41, 5.74) is -0.121. The second kappa shape index (κ2) is 12.6. The van der Waals surface area contributed by atoms with Crippen molar-refractivity contribution in [1.82, 2.24) is 5.32 Å². The summed E-state index contributed by atoms with van der Waals surface area (Å²) in [6.45, 7) is 4.69. The quantitative estimate of drug-likeness (QED) is 0.255. The minimum atomic E-state index is -0.996. The summed E-state index contributed by atoms with van der Waals surface area (Å²) in [5.74, 6) is -0.483. The minimum Gasteiger partial charge on any atom is -0.464 e. The number of rotatable bonds is 12. The normalized spacial score (nSPS) is 11.5. The van der Waals surface area contributed by atoms with E-state index >= 15 is 0 Å². The van der Waals surface area contributed by atoms with Gasteiger partial charge in [-0.25, -0.2) is 9.59 Å². The zero-order valence-electron chi connectivity index (χ0n) is 15.6. The zero-order chi connectivity index (χ0) is 20.1. The second-order valence-electron chi connectivity index (χ2n) is 5.79. The number of hydrogen-bond acceptors (Lipinski definition) is 7. The van der Waals surface area contributed by atoms with E-state index in [0.29, 0.717) is 6.61 Å². The van der Waals surface area contributed by atoms with Gasteiger partial charge < -0.3 is 19.5 Å². The molecule has 0 saturated heterocycles. The predicted molar refractivity (Wildman–Crippen MR) is 97.6 cm³/mol. The van der Waals surface area contributed by atoms with E-state index in [1.807, 2.05) is 13.8 Å². The highest BCUT2D eigenvalue weighted by atomic mass is 16.6. The molecule has 0 unspecified atom stereocenters. The molecule has 0 aliphatic heterocycles. The van der Waals surface area contributed by atoms with Crippen molar-refractivity contribution in [2.75, 3.05) is 19.8 Å². The largest absolute Gasteiger partial charge is 0.464 e. The number of carbonyl (C=O) groups is 2. The Morgan fingerprint density at radius 2 is 1.74 bits per heavy atom. The third-order valence-corrected chi connectivity index (χ3v) is 3.50. The van der Waals surface area contributed by atoms with Gasteiger partial charge >= 0.3 is 12.1 Å². The number of esters is 1. The molecule has 1 N–H and O–H groups in total. The summed E-state index contributed by atoms with van der Waals surface area (Å²) >= 11 is 0. The smallest absolute Gasteiger partial charge is 0.413 e. The first kappa shape index (κ1) is 22.4. The van der Waals surface area contributed by atoms with Crippen molar-refractivity contribution in [3.05, 3.63) is 34.4 Å². The summed E-state index contributed by atoms with van der Waals surface area (Å²) < 4.78 is 15.6. The molecule has 0 heterocycles. The summed E-state index contributed by atoms with van der Waals surface area (Å²) in [4.78, 5) is 34.3. The number of unbranched alkanes of at least 4 members (excludes halogenated alkanes) is 2. The third kappa shape index (κ3) is 9.00. The van der Waals surface area contributed by atoms with E-state index in [0.717, 1.165) is 25.7 Å². The first-order valence-corrected chi connectivity index (χ1v) is 8.95. The van der Waals surface area contributed by atoms with Crippen molar-refractivity contribution in [2.24, 2.45) is 0 Å². The molecule has 1 atom stereocenters. The van der Waals surface area contributed by atoms with E-state index in [1.54, 1.807) is 0 Å². The van der Waals surface area contributed by atoms with Crippen LogP contribution in [0.5, 0.6) is 5.75 Å². The van der Waals surface area contributed by atoms with Crippen LogP contribution in [0.2, 0.25) is 0 Å². The number of nitrogens with one attached hydrogen (secondary N) is 1. The molecule has 0 fully saturated rings. The van der Waals surface area contributed by atoms with Crippen molar-refractivity contribution in [3.8, 4) is 5.75 Å². The first-order chi connectivity index (χ1) is 13.0. The van der Waals surface area contributed by atoms with E-state index in [9.17, 15) is 19.7 Å². The van der Waals surface area contributed by atoms with E-state index in [-0.39, 0.29) is 24.7 Å². The Balaban J connectivity index is 2.61. The van der Waals surface area contributed by atoms with Crippen molar-refractivity contribution in [3.63, 3.8) is 0 Å². The molecule has 1 rings (SSSR count). The molecular formula is C18H26N2O7. The van der Waals surface area contributed by atoms with E-state index in [4.69, 9.17) is 14.2 Å². The van der Waals surface area contributed by atoms with Crippen molar-refractivity contribution >= 4 is 17.7 Å². The lowest BCUT2D eigenvalue weighted by Gasteiger charge is -2.17. The maximum atomic E-state index is 12.1. The first-order valence-electron chi connectivity index (χ1n) is 8.95. The van der Waals surface area contributed by atoms with E-state index in [2.05, 4.69) is 5.32 Å². The van der Waals surface area contributed by atoms with Crippen LogP contribution in [-0.4, -0.2) is 42.8 Å². The van der Waals surface area contributed by atoms with Gasteiger partial charge in [0.1, 0.15) is 5.75 Å². The summed E-state index contributed by atoms with van der Waals surface area (Å²) in [6.07, 6.45) is 2.51. The molecule has 1 aromatic rings. The van der Waals surface area contributed by atoms with Crippen molar-refractivity contribution in [1.29, 1.82) is 0 Å². The molecule has 150 valence electrons. The topological polar surface area (TPSA) is 117 Å². The van der Waals surface area contributed by atoms with Gasteiger partial charge in [-0.3, -0.25) is 10.1 Å². The van der Waals surface area contributed by atoms with Gasteiger partial charge in [0, 0.05) is 18.7 Å². The Labute approximate surface area is 158 Å². The number of ether oxygens (including phenoxy) is 3. The Kier molecular flexibility index (Phi) is 10.5. The number of nitro benzene ring substituents is 1. The molecule has 0 saturated carbocycles. The highest BCUT2D eigenvalue weighted by Gasteiger charge is 2.23. The summed E-state index contributed by atoms with van der Waals surface area (Å²) in [7, 11) is 0. The minimum absolute atomic E-state index is 0.0275. The summed E-state index contributed by atoms with van der Waals surface area (Å²) in [6, 6.07) is 4.03. The predicted octanol–water partition coefficient (Wildman–Crippen LogP) is 3.21. The Morgan fingerprint density at radius 3 is 2.33 bits per heavy atom. The lowest BCUT2D eigenvalue weighted by molar-refractivity contribution is -0.384. The Morgan fingerprint density at radius 1 is 1.11 bits per heavy atom. The number of benzene rings is 1. The van der Waals surface area contributed by atoms with Crippen LogP contribution in [0.3, 0.4) is 0 Å². The van der Waals surface area contributed by atoms with Crippen molar-refractivity contribution in [2.45, 2.75) is 45.6 Å². The number of non-ortho nitro benzene ring substituents is 1. The van der Waals surface area contributed by atoms with E-state index < -0.39 is 23.0 Å². The standard InChI is InChI=1S/C18H26N2O7/c1-3-5-11-25-13-16(17(21)26-12-6-4-2)19-18(22)27-15-9-7-14(8-10-15)20(23)24/h7-10,16H,3-6,11-13H2,1-2H3,(H,19,22)/t16-/m0/s1. The van der Waals surface area contributed by atoms with Gasteiger partial charge in [0.15, 0.2) is 6.04 Å². The number of amides is 1. The lowest BCUT2D eigenvalue weighted by Crippen LogP contribution is -2.46. The average molecular weight is 382 g/mol. The Hall–Kier alpha value is -2.68. The molecule has 0 aliphatic carbocycles. The van der Waals surface area contributed by atoms with Crippen LogP contribution in [0.15, 0.2) is 24.3 Å². The summed E-state index contributed by atoms with van der Waals surface area (Å²) in [5, 5.41) is 13.0. The number of carbonyl (C=O) groups excluding carboxylic acids is 2. The molecule has 1 aromatic carbocycles. The third-order valence-electron chi connectivity index (χ3n) is 3.50. The number of nitro groups is 1. The van der Waals surface area contributed by atoms with Gasteiger partial charge in [-0.05, 0) is 25.0 Å². The van der Waals surface area contributed by atoms with Crippen molar-refractivity contribution < 1.29 is 28.7 Å². The average Bonchev–Trinajstić information content (AvgIpc) is 2.64. The molecule has 1 amide bonds. The highest BCUT2D eigenvalue weighted by molar-refractivity contribution is 5.82. The molecule has 9 heteroatoms. The molecule has 0 aliphatic rings. The van der Waals surface area contributed by atoms with Crippen LogP contribution in [0.25, 0.3) is 0 Å². The van der Waals surface area contributed by atoms with Gasteiger partial charge in [0.05, 0.1) is 18.1 Å². The zero-order valence-corrected chi connectivity index (χ0v) is 15.6. The van der Waals surface area contributed by atoms with Gasteiger partial charge in [0.2, 0.25) is 0 Å². The fourth-order valence-corrected chi connectivity index (χ4v) is 1.95. The van der Waals surface area contributed by atoms with E-state index in [1.165, 1.54) is 24.3 Å². The highest BCUT2D eigenvalue weighted by Crippen LogP contribution is 2.17. The van der Waals surface area contributed by atoms with Crippen LogP contribution in [-0.2, 0) is 14.3 Å². The lowest BCUT2D eigenvalue weighted by atomic mass is 10.3. The SMILES string of the molecule is CCCCOC[C@H](NC(=O)Oc1ccc([N+](=O)[O-])cc1)C(=O)OCCCC. The molecule has 0 radical (unpaired) electrons.